The first kappa shape index (κ1) is 17.3. The molecule has 3 rings (SSSR count). The number of aromatic nitrogens is 3. The molecule has 0 atom stereocenters. The van der Waals surface area contributed by atoms with E-state index in [2.05, 4.69) is 36.4 Å². The molecule has 0 aliphatic heterocycles. The maximum Gasteiger partial charge on any atom is 0.290 e. The molecule has 128 valence electrons. The summed E-state index contributed by atoms with van der Waals surface area (Å²) in [6.45, 7) is 2.53. The summed E-state index contributed by atoms with van der Waals surface area (Å²) in [7, 11) is 0. The fourth-order valence-electron chi connectivity index (χ4n) is 2.32. The van der Waals surface area contributed by atoms with Gasteiger partial charge in [-0.3, -0.25) is 9.89 Å². The van der Waals surface area contributed by atoms with E-state index < -0.39 is 0 Å². The van der Waals surface area contributed by atoms with Gasteiger partial charge in [0.25, 0.3) is 5.91 Å². The van der Waals surface area contributed by atoms with Gasteiger partial charge in [-0.15, -0.1) is 0 Å². The smallest absolute Gasteiger partial charge is 0.290 e. The first-order chi connectivity index (χ1) is 12.2. The standard InChI is InChI=1S/C18H17BrN4O2/c1-2-25-11-20-18(24)17-21-16(22-23-17)13-7-5-6-12(10-13)14-8-3-4-9-15(14)19/h3-10H,2,11H2,1H3,(H,20,24)(H,21,22,23). The molecule has 0 radical (unpaired) electrons. The van der Waals surface area contributed by atoms with Crippen molar-refractivity contribution in [2.24, 2.45) is 0 Å². The largest absolute Gasteiger partial charge is 0.362 e. The number of aromatic amines is 1. The summed E-state index contributed by atoms with van der Waals surface area (Å²) in [5, 5.41) is 9.42. The fourth-order valence-corrected chi connectivity index (χ4v) is 2.83. The minimum absolute atomic E-state index is 0.142. The lowest BCUT2D eigenvalue weighted by molar-refractivity contribution is 0.0807. The van der Waals surface area contributed by atoms with Crippen LogP contribution in [0, 0.1) is 0 Å². The first-order valence-corrected chi connectivity index (χ1v) is 8.62. The predicted octanol–water partition coefficient (Wildman–Crippen LogP) is 3.63. The van der Waals surface area contributed by atoms with Crippen LogP contribution in [-0.2, 0) is 4.74 Å². The molecular formula is C18H17BrN4O2. The Balaban J connectivity index is 1.83. The molecule has 1 heterocycles. The van der Waals surface area contributed by atoms with Crippen LogP contribution in [0.25, 0.3) is 22.5 Å². The minimum atomic E-state index is -0.353. The summed E-state index contributed by atoms with van der Waals surface area (Å²) in [6, 6.07) is 15.8. The molecule has 7 heteroatoms. The summed E-state index contributed by atoms with van der Waals surface area (Å²) in [6.07, 6.45) is 0. The van der Waals surface area contributed by atoms with Crippen LogP contribution >= 0.6 is 15.9 Å². The van der Waals surface area contributed by atoms with Gasteiger partial charge in [-0.2, -0.15) is 5.10 Å². The lowest BCUT2D eigenvalue weighted by Gasteiger charge is -2.05. The molecule has 3 aromatic rings. The summed E-state index contributed by atoms with van der Waals surface area (Å²) in [5.74, 6) is 0.269. The highest BCUT2D eigenvalue weighted by Gasteiger charge is 2.13. The van der Waals surface area contributed by atoms with Crippen LogP contribution < -0.4 is 5.32 Å². The van der Waals surface area contributed by atoms with Crippen LogP contribution in [-0.4, -0.2) is 34.4 Å². The van der Waals surface area contributed by atoms with Crippen molar-refractivity contribution in [2.45, 2.75) is 6.92 Å². The van der Waals surface area contributed by atoms with Gasteiger partial charge in [0.2, 0.25) is 5.82 Å². The SMILES string of the molecule is CCOCNC(=O)c1nc(-c2cccc(-c3ccccc3Br)c2)n[nH]1. The van der Waals surface area contributed by atoms with Crippen molar-refractivity contribution in [3.8, 4) is 22.5 Å². The van der Waals surface area contributed by atoms with Crippen molar-refractivity contribution in [1.82, 2.24) is 20.5 Å². The Morgan fingerprint density at radius 2 is 2.00 bits per heavy atom. The monoisotopic (exact) mass is 400 g/mol. The van der Waals surface area contributed by atoms with Crippen molar-refractivity contribution < 1.29 is 9.53 Å². The van der Waals surface area contributed by atoms with Crippen molar-refractivity contribution >= 4 is 21.8 Å². The highest BCUT2D eigenvalue weighted by atomic mass is 79.9. The molecule has 0 saturated carbocycles. The molecule has 0 spiro atoms. The van der Waals surface area contributed by atoms with Crippen LogP contribution in [0.15, 0.2) is 53.0 Å². The number of ether oxygens (including phenoxy) is 1. The number of nitrogens with zero attached hydrogens (tertiary/aromatic N) is 2. The van der Waals surface area contributed by atoms with E-state index in [4.69, 9.17) is 4.74 Å². The van der Waals surface area contributed by atoms with Gasteiger partial charge in [0.15, 0.2) is 5.82 Å². The van der Waals surface area contributed by atoms with Gasteiger partial charge in [0.05, 0.1) is 0 Å². The topological polar surface area (TPSA) is 79.9 Å². The number of hydrogen-bond acceptors (Lipinski definition) is 4. The second-order valence-electron chi connectivity index (χ2n) is 5.21. The van der Waals surface area contributed by atoms with Crippen LogP contribution in [0.4, 0.5) is 0 Å². The van der Waals surface area contributed by atoms with E-state index in [0.29, 0.717) is 12.4 Å². The molecule has 0 fully saturated rings. The molecule has 0 aliphatic rings. The van der Waals surface area contributed by atoms with Crippen LogP contribution in [0.5, 0.6) is 0 Å². The average molecular weight is 401 g/mol. The lowest BCUT2D eigenvalue weighted by atomic mass is 10.0. The van der Waals surface area contributed by atoms with Crippen LogP contribution in [0.3, 0.4) is 0 Å². The number of rotatable bonds is 6. The van der Waals surface area contributed by atoms with E-state index in [1.54, 1.807) is 0 Å². The number of nitrogens with one attached hydrogen (secondary N) is 2. The van der Waals surface area contributed by atoms with Crippen LogP contribution in [0.1, 0.15) is 17.5 Å². The van der Waals surface area contributed by atoms with E-state index in [9.17, 15) is 4.79 Å². The minimum Gasteiger partial charge on any atom is -0.362 e. The second-order valence-corrected chi connectivity index (χ2v) is 6.07. The molecule has 6 nitrogen and oxygen atoms in total. The molecule has 0 unspecified atom stereocenters. The van der Waals surface area contributed by atoms with Crippen molar-refractivity contribution in [3.63, 3.8) is 0 Å². The maximum absolute atomic E-state index is 12.0. The third kappa shape index (κ3) is 4.12. The summed E-state index contributed by atoms with van der Waals surface area (Å²) < 4.78 is 6.11. The second kappa shape index (κ2) is 8.04. The zero-order valence-corrected chi connectivity index (χ0v) is 15.2. The Morgan fingerprint density at radius 1 is 1.20 bits per heavy atom. The van der Waals surface area contributed by atoms with E-state index in [0.717, 1.165) is 21.2 Å². The van der Waals surface area contributed by atoms with Crippen molar-refractivity contribution in [3.05, 3.63) is 58.8 Å². The Bertz CT molecular complexity index is 879. The molecule has 1 amide bonds. The van der Waals surface area contributed by atoms with E-state index in [1.807, 2.05) is 55.5 Å². The molecule has 0 aliphatic carbocycles. The Kier molecular flexibility index (Phi) is 5.57. The Hall–Kier alpha value is -2.51. The summed E-state index contributed by atoms with van der Waals surface area (Å²) in [4.78, 5) is 16.2. The summed E-state index contributed by atoms with van der Waals surface area (Å²) in [5.41, 5.74) is 2.94. The highest BCUT2D eigenvalue weighted by Crippen LogP contribution is 2.30. The predicted molar refractivity (Wildman–Crippen MR) is 98.9 cm³/mol. The third-order valence-electron chi connectivity index (χ3n) is 3.55. The van der Waals surface area contributed by atoms with E-state index in [-0.39, 0.29) is 18.5 Å². The van der Waals surface area contributed by atoms with E-state index >= 15 is 0 Å². The molecule has 0 saturated heterocycles. The number of amides is 1. The molecule has 1 aromatic heterocycles. The number of carbonyl (C=O) groups excluding carboxylic acids is 1. The van der Waals surface area contributed by atoms with E-state index in [1.165, 1.54) is 0 Å². The zero-order chi connectivity index (χ0) is 17.6. The van der Waals surface area contributed by atoms with Gasteiger partial charge in [-0.05, 0) is 30.2 Å². The molecule has 25 heavy (non-hydrogen) atoms. The van der Waals surface area contributed by atoms with Gasteiger partial charge in [0, 0.05) is 16.6 Å². The third-order valence-corrected chi connectivity index (χ3v) is 4.24. The summed E-state index contributed by atoms with van der Waals surface area (Å²) >= 11 is 3.56. The average Bonchev–Trinajstić information content (AvgIpc) is 3.13. The van der Waals surface area contributed by atoms with Gasteiger partial charge in [0.1, 0.15) is 6.73 Å². The number of H-pyrrole nitrogens is 1. The number of halogens is 1. The number of carbonyl (C=O) groups is 1. The lowest BCUT2D eigenvalue weighted by Crippen LogP contribution is -2.27. The van der Waals surface area contributed by atoms with Crippen LogP contribution in [0.2, 0.25) is 0 Å². The molecule has 2 aromatic carbocycles. The maximum atomic E-state index is 12.0. The quantitative estimate of drug-likeness (QED) is 0.489. The Labute approximate surface area is 153 Å². The van der Waals surface area contributed by atoms with Gasteiger partial charge >= 0.3 is 0 Å². The highest BCUT2D eigenvalue weighted by molar-refractivity contribution is 9.10. The fraction of sp³-hybridized carbons (Fsp3) is 0.167. The molecule has 2 N–H and O–H groups in total. The molecular weight excluding hydrogens is 384 g/mol. The zero-order valence-electron chi connectivity index (χ0n) is 13.6. The van der Waals surface area contributed by atoms with Gasteiger partial charge in [-0.25, -0.2) is 4.98 Å². The normalized spacial score (nSPS) is 10.6. The number of hydrogen-bond donors (Lipinski definition) is 2. The van der Waals surface area contributed by atoms with Crippen molar-refractivity contribution in [2.75, 3.05) is 13.3 Å². The van der Waals surface area contributed by atoms with Crippen molar-refractivity contribution in [1.29, 1.82) is 0 Å². The number of benzene rings is 2. The first-order valence-electron chi connectivity index (χ1n) is 7.82. The van der Waals surface area contributed by atoms with Gasteiger partial charge in [-0.1, -0.05) is 52.3 Å². The molecule has 0 bridgehead atoms. The van der Waals surface area contributed by atoms with Gasteiger partial charge < -0.3 is 10.1 Å². The Morgan fingerprint density at radius 3 is 2.80 bits per heavy atom.